The van der Waals surface area contributed by atoms with E-state index in [0.29, 0.717) is 5.89 Å². The van der Waals surface area contributed by atoms with E-state index in [1.807, 2.05) is 30.5 Å². The van der Waals surface area contributed by atoms with Crippen molar-refractivity contribution in [3.05, 3.63) is 169 Å². The molecular formula is C49H32N2O. The molecule has 0 spiro atoms. The average Bonchev–Trinajstić information content (AvgIpc) is 3.74. The van der Waals surface area contributed by atoms with E-state index in [1.54, 1.807) is 0 Å². The highest BCUT2D eigenvalue weighted by molar-refractivity contribution is 6.18. The molecule has 11 rings (SSSR count). The summed E-state index contributed by atoms with van der Waals surface area (Å²) in [6, 6.07) is 54.9. The number of rotatable bonds is 3. The fourth-order valence-electron chi connectivity index (χ4n) is 8.58. The monoisotopic (exact) mass is 664 g/mol. The van der Waals surface area contributed by atoms with E-state index in [2.05, 4.69) is 141 Å². The molecule has 0 saturated heterocycles. The van der Waals surface area contributed by atoms with Crippen LogP contribution in [-0.4, -0.2) is 9.97 Å². The van der Waals surface area contributed by atoms with Crippen molar-refractivity contribution in [2.45, 2.75) is 19.3 Å². The summed E-state index contributed by atoms with van der Waals surface area (Å²) >= 11 is 0. The van der Waals surface area contributed by atoms with Crippen LogP contribution in [0.1, 0.15) is 25.0 Å². The highest BCUT2D eigenvalue weighted by Gasteiger charge is 2.36. The van der Waals surface area contributed by atoms with Crippen molar-refractivity contribution < 1.29 is 4.42 Å². The van der Waals surface area contributed by atoms with E-state index < -0.39 is 0 Å². The van der Waals surface area contributed by atoms with Crippen LogP contribution in [0.15, 0.2) is 162 Å². The molecule has 10 aromatic rings. The lowest BCUT2D eigenvalue weighted by Gasteiger charge is -2.22. The van der Waals surface area contributed by atoms with Crippen LogP contribution < -0.4 is 0 Å². The normalized spacial score (nSPS) is 13.3. The Balaban J connectivity index is 1.02. The van der Waals surface area contributed by atoms with Gasteiger partial charge in [0.1, 0.15) is 11.2 Å². The van der Waals surface area contributed by atoms with Gasteiger partial charge in [-0.3, -0.25) is 4.98 Å². The predicted molar refractivity (Wildman–Crippen MR) is 216 cm³/mol. The Hall–Kier alpha value is -6.58. The Morgan fingerprint density at radius 2 is 1.17 bits per heavy atom. The fourth-order valence-corrected chi connectivity index (χ4v) is 8.58. The third-order valence-corrected chi connectivity index (χ3v) is 11.3. The minimum Gasteiger partial charge on any atom is -0.434 e. The highest BCUT2D eigenvalue weighted by Crippen LogP contribution is 2.52. The van der Waals surface area contributed by atoms with Gasteiger partial charge in [0, 0.05) is 22.4 Å². The molecule has 0 N–H and O–H groups in total. The molecule has 1 aliphatic rings. The van der Waals surface area contributed by atoms with Gasteiger partial charge in [0.05, 0.1) is 0 Å². The molecule has 2 aromatic heterocycles. The second kappa shape index (κ2) is 10.7. The van der Waals surface area contributed by atoms with Gasteiger partial charge in [-0.1, -0.05) is 135 Å². The van der Waals surface area contributed by atoms with Crippen LogP contribution in [0.4, 0.5) is 0 Å². The fraction of sp³-hybridized carbons (Fsp3) is 0.0612. The zero-order valence-electron chi connectivity index (χ0n) is 28.8. The first kappa shape index (κ1) is 29.2. The molecule has 0 saturated carbocycles. The maximum atomic E-state index is 6.57. The van der Waals surface area contributed by atoms with Crippen molar-refractivity contribution in [2.75, 3.05) is 0 Å². The minimum atomic E-state index is -0.0853. The number of nitrogens with zero attached hydrogens (tertiary/aromatic N) is 2. The number of aromatic nitrogens is 2. The Labute approximate surface area is 300 Å². The Kier molecular flexibility index (Phi) is 6.01. The van der Waals surface area contributed by atoms with Crippen LogP contribution in [0.2, 0.25) is 0 Å². The summed E-state index contributed by atoms with van der Waals surface area (Å²) in [6.45, 7) is 4.72. The summed E-state index contributed by atoms with van der Waals surface area (Å²) in [7, 11) is 0. The number of hydrogen-bond donors (Lipinski definition) is 0. The second-order valence-corrected chi connectivity index (χ2v) is 14.6. The average molecular weight is 665 g/mol. The Morgan fingerprint density at radius 3 is 2.06 bits per heavy atom. The van der Waals surface area contributed by atoms with E-state index in [4.69, 9.17) is 14.4 Å². The van der Waals surface area contributed by atoms with Crippen LogP contribution in [0.3, 0.4) is 0 Å². The standard InChI is InChI=1S/C49H32N2O/c1-49(2)41-22-19-29-8-5-6-13-38(29)46(41)39-21-18-36(26-42(39)49)33-12-7-11-32(24-33)35-17-15-30-14-16-31-20-23-43-47(45(31)40(30)25-35)52-48(51-43)44-27-34-9-3-4-10-37(34)28-50-44/h3-28H,1-2H3. The zero-order chi connectivity index (χ0) is 34.6. The summed E-state index contributed by atoms with van der Waals surface area (Å²) in [4.78, 5) is 9.60. The molecule has 0 amide bonds. The van der Waals surface area contributed by atoms with Crippen molar-refractivity contribution in [3.63, 3.8) is 0 Å². The molecule has 0 bridgehead atoms. The third-order valence-electron chi connectivity index (χ3n) is 11.3. The predicted octanol–water partition coefficient (Wildman–Crippen LogP) is 13.1. The van der Waals surface area contributed by atoms with Crippen LogP contribution in [0, 0.1) is 0 Å². The maximum absolute atomic E-state index is 6.57. The van der Waals surface area contributed by atoms with Crippen LogP contribution in [0.25, 0.3) is 99.2 Å². The SMILES string of the molecule is CC1(C)c2cc(-c3cccc(-c4ccc5ccc6ccc7nc(-c8cc9ccccc9cn8)oc7c6c5c4)c3)ccc2-c2c1ccc1ccccc21. The topological polar surface area (TPSA) is 38.9 Å². The molecule has 1 aliphatic carbocycles. The summed E-state index contributed by atoms with van der Waals surface area (Å²) < 4.78 is 6.57. The molecule has 0 radical (unpaired) electrons. The van der Waals surface area contributed by atoms with Crippen LogP contribution in [0.5, 0.6) is 0 Å². The number of pyridine rings is 1. The summed E-state index contributed by atoms with van der Waals surface area (Å²) in [5, 5.41) is 9.31. The number of oxazole rings is 1. The van der Waals surface area contributed by atoms with Gasteiger partial charge >= 0.3 is 0 Å². The van der Waals surface area contributed by atoms with E-state index in [0.717, 1.165) is 54.7 Å². The molecule has 3 nitrogen and oxygen atoms in total. The number of fused-ring (bicyclic) bond motifs is 11. The zero-order valence-corrected chi connectivity index (χ0v) is 28.8. The van der Waals surface area contributed by atoms with Crippen molar-refractivity contribution in [2.24, 2.45) is 0 Å². The van der Waals surface area contributed by atoms with Gasteiger partial charge < -0.3 is 4.42 Å². The molecule has 0 fully saturated rings. The first-order valence-electron chi connectivity index (χ1n) is 17.9. The molecule has 8 aromatic carbocycles. The largest absolute Gasteiger partial charge is 0.434 e. The van der Waals surface area contributed by atoms with Gasteiger partial charge in [-0.25, -0.2) is 4.98 Å². The lowest BCUT2D eigenvalue weighted by Crippen LogP contribution is -2.15. The van der Waals surface area contributed by atoms with Gasteiger partial charge in [-0.15, -0.1) is 0 Å². The number of benzene rings is 8. The van der Waals surface area contributed by atoms with Crippen molar-refractivity contribution in [1.82, 2.24) is 9.97 Å². The summed E-state index contributed by atoms with van der Waals surface area (Å²) in [6.07, 6.45) is 1.89. The minimum absolute atomic E-state index is 0.0853. The number of hydrogen-bond acceptors (Lipinski definition) is 3. The third kappa shape index (κ3) is 4.26. The van der Waals surface area contributed by atoms with E-state index in [1.165, 1.54) is 49.7 Å². The molecular weight excluding hydrogens is 633 g/mol. The van der Waals surface area contributed by atoms with Crippen molar-refractivity contribution >= 4 is 54.2 Å². The molecule has 0 unspecified atom stereocenters. The summed E-state index contributed by atoms with van der Waals surface area (Å²) in [5.74, 6) is 0.530. The molecule has 0 atom stereocenters. The second-order valence-electron chi connectivity index (χ2n) is 14.6. The van der Waals surface area contributed by atoms with Crippen molar-refractivity contribution in [1.29, 1.82) is 0 Å². The van der Waals surface area contributed by atoms with Crippen LogP contribution in [-0.2, 0) is 5.41 Å². The lowest BCUT2D eigenvalue weighted by molar-refractivity contribution is 0.620. The summed E-state index contributed by atoms with van der Waals surface area (Å²) in [5.41, 5.74) is 12.5. The van der Waals surface area contributed by atoms with E-state index in [-0.39, 0.29) is 5.41 Å². The van der Waals surface area contributed by atoms with E-state index >= 15 is 0 Å². The quantitative estimate of drug-likeness (QED) is 0.176. The molecule has 2 heterocycles. The van der Waals surface area contributed by atoms with Gasteiger partial charge in [0.15, 0.2) is 5.58 Å². The maximum Gasteiger partial charge on any atom is 0.246 e. The molecule has 244 valence electrons. The first-order chi connectivity index (χ1) is 25.5. The van der Waals surface area contributed by atoms with Gasteiger partial charge in [0.2, 0.25) is 5.89 Å². The van der Waals surface area contributed by atoms with Gasteiger partial charge in [0.25, 0.3) is 0 Å². The molecule has 3 heteroatoms. The molecule has 0 aliphatic heterocycles. The van der Waals surface area contributed by atoms with Gasteiger partial charge in [-0.2, -0.15) is 0 Å². The molecule has 52 heavy (non-hydrogen) atoms. The van der Waals surface area contributed by atoms with E-state index in [9.17, 15) is 0 Å². The highest BCUT2D eigenvalue weighted by atomic mass is 16.3. The Morgan fingerprint density at radius 1 is 0.500 bits per heavy atom. The Bertz CT molecular complexity index is 3110. The smallest absolute Gasteiger partial charge is 0.246 e. The van der Waals surface area contributed by atoms with Crippen LogP contribution >= 0.6 is 0 Å². The van der Waals surface area contributed by atoms with Gasteiger partial charge in [-0.05, 0) is 107 Å². The first-order valence-corrected chi connectivity index (χ1v) is 17.9. The lowest BCUT2D eigenvalue weighted by atomic mass is 9.81. The van der Waals surface area contributed by atoms with Crippen molar-refractivity contribution in [3.8, 4) is 45.0 Å².